The van der Waals surface area contributed by atoms with Crippen LogP contribution in [0, 0.1) is 6.92 Å². The molecule has 0 atom stereocenters. The van der Waals surface area contributed by atoms with Crippen LogP contribution >= 0.6 is 0 Å². The molecule has 2 aromatic rings. The highest BCUT2D eigenvalue weighted by Crippen LogP contribution is 2.38. The number of hydrogen-bond donors (Lipinski definition) is 1. The summed E-state index contributed by atoms with van der Waals surface area (Å²) >= 11 is 0. The largest absolute Gasteiger partial charge is 0.492 e. The predicted octanol–water partition coefficient (Wildman–Crippen LogP) is 2.28. The minimum atomic E-state index is -1.19. The number of carboxylic acid groups (broad SMARTS) is 1. The number of carbonyl (C=O) groups is 1. The Morgan fingerprint density at radius 1 is 1.38 bits per heavy atom. The molecular weight excluding hydrogens is 308 g/mol. The van der Waals surface area contributed by atoms with Gasteiger partial charge in [0.15, 0.2) is 0 Å². The van der Waals surface area contributed by atoms with E-state index < -0.39 is 11.4 Å². The number of rotatable bonds is 6. The summed E-state index contributed by atoms with van der Waals surface area (Å²) < 4.78 is 7.68. The van der Waals surface area contributed by atoms with Crippen molar-refractivity contribution in [3.63, 3.8) is 0 Å². The Morgan fingerprint density at radius 2 is 2.08 bits per heavy atom. The first-order chi connectivity index (χ1) is 11.4. The van der Waals surface area contributed by atoms with E-state index in [4.69, 9.17) is 4.74 Å². The number of carboxylic acids is 1. The van der Waals surface area contributed by atoms with Crippen LogP contribution < -0.4 is 10.2 Å². The first-order valence-electron chi connectivity index (χ1n) is 8.09. The molecule has 0 spiro atoms. The first-order valence-corrected chi connectivity index (χ1v) is 8.09. The minimum Gasteiger partial charge on any atom is -0.492 e. The van der Waals surface area contributed by atoms with E-state index in [2.05, 4.69) is 0 Å². The van der Waals surface area contributed by atoms with E-state index in [1.165, 1.54) is 6.20 Å². The van der Waals surface area contributed by atoms with Crippen molar-refractivity contribution in [3.8, 4) is 5.75 Å². The third-order valence-electron chi connectivity index (χ3n) is 4.27. The van der Waals surface area contributed by atoms with Crippen molar-refractivity contribution < 1.29 is 14.6 Å². The van der Waals surface area contributed by atoms with Gasteiger partial charge in [0.05, 0.1) is 10.9 Å². The van der Waals surface area contributed by atoms with Crippen LogP contribution in [0.1, 0.15) is 34.8 Å². The maximum atomic E-state index is 12.6. The van der Waals surface area contributed by atoms with Crippen LogP contribution in [-0.2, 0) is 0 Å². The highest BCUT2D eigenvalue weighted by Gasteiger charge is 2.27. The number of aryl methyl sites for hydroxylation is 1. The van der Waals surface area contributed by atoms with Crippen LogP contribution in [0.5, 0.6) is 5.75 Å². The second kappa shape index (κ2) is 6.28. The molecule has 24 heavy (non-hydrogen) atoms. The fourth-order valence-corrected chi connectivity index (χ4v) is 2.89. The molecule has 1 aromatic carbocycles. The van der Waals surface area contributed by atoms with Crippen LogP contribution in [0.4, 0.5) is 0 Å². The molecule has 3 rings (SSSR count). The van der Waals surface area contributed by atoms with Gasteiger partial charge in [0, 0.05) is 18.8 Å². The van der Waals surface area contributed by atoms with Crippen molar-refractivity contribution in [1.82, 2.24) is 9.47 Å². The summed E-state index contributed by atoms with van der Waals surface area (Å²) in [5, 5.41) is 9.76. The number of fused-ring (bicyclic) bond motifs is 1. The molecule has 1 saturated carbocycles. The summed E-state index contributed by atoms with van der Waals surface area (Å²) in [5.41, 5.74) is 1.11. The average Bonchev–Trinajstić information content (AvgIpc) is 3.32. The molecule has 128 valence electrons. The molecular formula is C18H22N2O4. The fourth-order valence-electron chi connectivity index (χ4n) is 2.89. The first kappa shape index (κ1) is 16.5. The average molecular weight is 330 g/mol. The molecule has 0 unspecified atom stereocenters. The summed E-state index contributed by atoms with van der Waals surface area (Å²) in [6.45, 7) is 3.20. The fraction of sp³-hybridized carbons (Fsp3) is 0.444. The number of aromatic nitrogens is 1. The lowest BCUT2D eigenvalue weighted by Gasteiger charge is -2.16. The van der Waals surface area contributed by atoms with Gasteiger partial charge in [0.1, 0.15) is 17.9 Å². The van der Waals surface area contributed by atoms with Gasteiger partial charge < -0.3 is 19.3 Å². The van der Waals surface area contributed by atoms with Crippen molar-refractivity contribution in [2.45, 2.75) is 25.8 Å². The number of pyridine rings is 1. The van der Waals surface area contributed by atoms with Crippen LogP contribution in [0.15, 0.2) is 23.1 Å². The normalized spacial score (nSPS) is 14.3. The van der Waals surface area contributed by atoms with E-state index in [0.29, 0.717) is 17.7 Å². The molecule has 0 radical (unpaired) electrons. The number of hydrogen-bond acceptors (Lipinski definition) is 4. The van der Waals surface area contributed by atoms with Gasteiger partial charge in [-0.2, -0.15) is 0 Å². The maximum Gasteiger partial charge on any atom is 0.341 e. The lowest BCUT2D eigenvalue weighted by atomic mass is 10.1. The molecule has 0 bridgehead atoms. The van der Waals surface area contributed by atoms with Crippen molar-refractivity contribution >= 4 is 16.9 Å². The molecule has 1 aromatic heterocycles. The molecule has 1 heterocycles. The second-order valence-electron chi connectivity index (χ2n) is 6.60. The smallest absolute Gasteiger partial charge is 0.341 e. The Kier molecular flexibility index (Phi) is 4.32. The second-order valence-corrected chi connectivity index (χ2v) is 6.60. The molecule has 1 aliphatic carbocycles. The maximum absolute atomic E-state index is 12.6. The number of ether oxygens (including phenoxy) is 1. The zero-order valence-corrected chi connectivity index (χ0v) is 14.2. The van der Waals surface area contributed by atoms with Gasteiger partial charge >= 0.3 is 5.97 Å². The highest BCUT2D eigenvalue weighted by atomic mass is 16.5. The van der Waals surface area contributed by atoms with E-state index in [-0.39, 0.29) is 11.6 Å². The monoisotopic (exact) mass is 330 g/mol. The van der Waals surface area contributed by atoms with Gasteiger partial charge in [-0.15, -0.1) is 0 Å². The SMILES string of the molecule is Cc1cc(OCCN(C)C)cc2c(=O)c(C(=O)O)cn(C3CC3)c12. The minimum absolute atomic E-state index is 0.181. The number of likely N-dealkylation sites (N-methyl/N-ethyl adjacent to an activating group) is 1. The van der Waals surface area contributed by atoms with Crippen LogP contribution in [0.3, 0.4) is 0 Å². The van der Waals surface area contributed by atoms with E-state index >= 15 is 0 Å². The molecule has 1 aliphatic rings. The number of aromatic carboxylic acids is 1. The summed E-state index contributed by atoms with van der Waals surface area (Å²) in [5.74, 6) is -0.586. The molecule has 0 amide bonds. The third-order valence-corrected chi connectivity index (χ3v) is 4.27. The topological polar surface area (TPSA) is 71.8 Å². The Bertz CT molecular complexity index is 850. The summed E-state index contributed by atoms with van der Waals surface area (Å²) in [4.78, 5) is 26.0. The molecule has 6 nitrogen and oxygen atoms in total. The van der Waals surface area contributed by atoms with Gasteiger partial charge in [-0.3, -0.25) is 4.79 Å². The van der Waals surface area contributed by atoms with Crippen molar-refractivity contribution in [1.29, 1.82) is 0 Å². The standard InChI is InChI=1S/C18H22N2O4/c1-11-8-13(24-7-6-19(2)3)9-14-16(11)20(12-4-5-12)10-15(17(14)21)18(22)23/h8-10,12H,4-7H2,1-3H3,(H,22,23). The van der Waals surface area contributed by atoms with Gasteiger partial charge in [-0.25, -0.2) is 4.79 Å². The van der Waals surface area contributed by atoms with E-state index in [9.17, 15) is 14.7 Å². The number of benzene rings is 1. The Labute approximate surface area is 140 Å². The lowest BCUT2D eigenvalue weighted by molar-refractivity contribution is 0.0695. The van der Waals surface area contributed by atoms with Crippen molar-refractivity contribution in [2.24, 2.45) is 0 Å². The van der Waals surface area contributed by atoms with Crippen molar-refractivity contribution in [3.05, 3.63) is 39.7 Å². The quantitative estimate of drug-likeness (QED) is 0.880. The van der Waals surface area contributed by atoms with Gasteiger partial charge in [0.2, 0.25) is 5.43 Å². The molecule has 1 fully saturated rings. The van der Waals surface area contributed by atoms with Crippen LogP contribution in [0.2, 0.25) is 0 Å². The summed E-state index contributed by atoms with van der Waals surface area (Å²) in [6, 6.07) is 3.87. The van der Waals surface area contributed by atoms with Crippen LogP contribution in [-0.4, -0.2) is 47.8 Å². The Morgan fingerprint density at radius 3 is 2.67 bits per heavy atom. The molecule has 0 saturated heterocycles. The lowest BCUT2D eigenvalue weighted by Crippen LogP contribution is -2.20. The van der Waals surface area contributed by atoms with E-state index in [1.54, 1.807) is 6.07 Å². The third kappa shape index (κ3) is 3.14. The van der Waals surface area contributed by atoms with Gasteiger partial charge in [-0.05, 0) is 51.6 Å². The number of nitrogens with zero attached hydrogens (tertiary/aromatic N) is 2. The van der Waals surface area contributed by atoms with E-state index in [0.717, 1.165) is 30.5 Å². The van der Waals surface area contributed by atoms with E-state index in [1.807, 2.05) is 36.6 Å². The van der Waals surface area contributed by atoms with Gasteiger partial charge in [0.25, 0.3) is 0 Å². The van der Waals surface area contributed by atoms with Crippen molar-refractivity contribution in [2.75, 3.05) is 27.2 Å². The summed E-state index contributed by atoms with van der Waals surface area (Å²) in [7, 11) is 3.92. The Balaban J connectivity index is 2.12. The predicted molar refractivity (Wildman–Crippen MR) is 92.2 cm³/mol. The summed E-state index contributed by atoms with van der Waals surface area (Å²) in [6.07, 6.45) is 3.51. The Hall–Kier alpha value is -2.34. The zero-order chi connectivity index (χ0) is 17.4. The molecule has 6 heteroatoms. The zero-order valence-electron chi connectivity index (χ0n) is 14.2. The van der Waals surface area contributed by atoms with Gasteiger partial charge in [-0.1, -0.05) is 0 Å². The van der Waals surface area contributed by atoms with Crippen LogP contribution in [0.25, 0.3) is 10.9 Å². The molecule has 0 aliphatic heterocycles. The molecule has 1 N–H and O–H groups in total. The highest BCUT2D eigenvalue weighted by molar-refractivity contribution is 5.94.